The van der Waals surface area contributed by atoms with Crippen molar-refractivity contribution >= 4 is 11.9 Å². The van der Waals surface area contributed by atoms with Crippen LogP contribution in [0.1, 0.15) is 43.2 Å². The van der Waals surface area contributed by atoms with Crippen LogP contribution in [-0.4, -0.2) is 60.5 Å². The molecule has 1 aromatic carbocycles. The number of likely N-dealkylation sites (tertiary alicyclic amines) is 2. The van der Waals surface area contributed by atoms with Gasteiger partial charge in [-0.1, -0.05) is 29.8 Å². The summed E-state index contributed by atoms with van der Waals surface area (Å²) in [6, 6.07) is 8.71. The van der Waals surface area contributed by atoms with Gasteiger partial charge in [0.25, 0.3) is 0 Å². The summed E-state index contributed by atoms with van der Waals surface area (Å²) in [5, 5.41) is 5.88. The Kier molecular flexibility index (Phi) is 7.10. The first-order valence-corrected chi connectivity index (χ1v) is 10.2. The van der Waals surface area contributed by atoms with Crippen LogP contribution in [-0.2, 0) is 11.3 Å². The average molecular weight is 373 g/mol. The summed E-state index contributed by atoms with van der Waals surface area (Å²) in [5.74, 6) is 0.150. The molecule has 0 radical (unpaired) electrons. The van der Waals surface area contributed by atoms with Gasteiger partial charge in [-0.3, -0.25) is 9.69 Å². The summed E-state index contributed by atoms with van der Waals surface area (Å²) in [6.07, 6.45) is 4.52. The number of carbonyl (C=O) groups excluding carboxylic acids is 2. The molecule has 3 amide bonds. The number of nitrogens with one attached hydrogen (secondary N) is 2. The zero-order chi connectivity index (χ0) is 19.1. The maximum Gasteiger partial charge on any atom is 0.315 e. The molecule has 0 unspecified atom stereocenters. The summed E-state index contributed by atoms with van der Waals surface area (Å²) in [5.41, 5.74) is 2.64. The first-order chi connectivity index (χ1) is 13.1. The second kappa shape index (κ2) is 9.74. The quantitative estimate of drug-likeness (QED) is 0.805. The highest BCUT2D eigenvalue weighted by molar-refractivity contribution is 5.78. The van der Waals surface area contributed by atoms with Gasteiger partial charge in [-0.05, 0) is 38.2 Å². The third-order valence-electron chi connectivity index (χ3n) is 5.49. The van der Waals surface area contributed by atoms with Crippen molar-refractivity contribution in [1.82, 2.24) is 20.4 Å². The lowest BCUT2D eigenvalue weighted by Crippen LogP contribution is -2.48. The van der Waals surface area contributed by atoms with Gasteiger partial charge in [0.15, 0.2) is 0 Å². The molecular weight excluding hydrogens is 340 g/mol. The van der Waals surface area contributed by atoms with E-state index in [0.717, 1.165) is 58.4 Å². The highest BCUT2D eigenvalue weighted by Gasteiger charge is 2.21. The van der Waals surface area contributed by atoms with Crippen LogP contribution in [0.2, 0.25) is 0 Å². The summed E-state index contributed by atoms with van der Waals surface area (Å²) in [4.78, 5) is 28.4. The number of hydrogen-bond donors (Lipinski definition) is 2. The van der Waals surface area contributed by atoms with E-state index in [9.17, 15) is 9.59 Å². The molecule has 6 nitrogen and oxygen atoms in total. The molecule has 2 fully saturated rings. The first kappa shape index (κ1) is 19.7. The molecule has 2 aliphatic rings. The van der Waals surface area contributed by atoms with Crippen molar-refractivity contribution < 1.29 is 9.59 Å². The molecule has 2 N–H and O–H groups in total. The Labute approximate surface area is 162 Å². The third kappa shape index (κ3) is 6.24. The smallest absolute Gasteiger partial charge is 0.315 e. The van der Waals surface area contributed by atoms with Gasteiger partial charge in [0.05, 0.1) is 0 Å². The number of amides is 3. The maximum absolute atomic E-state index is 12.1. The molecule has 0 aromatic heterocycles. The predicted octanol–water partition coefficient (Wildman–Crippen LogP) is 2.27. The number of benzene rings is 1. The molecule has 3 rings (SSSR count). The molecule has 0 aliphatic carbocycles. The molecule has 0 saturated carbocycles. The van der Waals surface area contributed by atoms with Gasteiger partial charge >= 0.3 is 6.03 Å². The zero-order valence-electron chi connectivity index (χ0n) is 16.4. The van der Waals surface area contributed by atoms with E-state index in [1.54, 1.807) is 0 Å². The van der Waals surface area contributed by atoms with E-state index < -0.39 is 0 Å². The van der Waals surface area contributed by atoms with Crippen molar-refractivity contribution in [3.05, 3.63) is 35.4 Å². The molecule has 148 valence electrons. The van der Waals surface area contributed by atoms with E-state index in [1.807, 2.05) is 4.90 Å². The Balaban J connectivity index is 1.30. The summed E-state index contributed by atoms with van der Waals surface area (Å²) in [6.45, 7) is 7.22. The normalized spacial score (nSPS) is 18.5. The minimum atomic E-state index is -0.152. The fourth-order valence-corrected chi connectivity index (χ4v) is 3.95. The number of carbonyl (C=O) groups is 2. The van der Waals surface area contributed by atoms with E-state index >= 15 is 0 Å². The van der Waals surface area contributed by atoms with Gasteiger partial charge in [0.2, 0.25) is 5.91 Å². The third-order valence-corrected chi connectivity index (χ3v) is 5.49. The number of piperidine rings is 1. The van der Waals surface area contributed by atoms with Crippen molar-refractivity contribution in [2.45, 2.75) is 51.6 Å². The van der Waals surface area contributed by atoms with Crippen LogP contribution in [0.4, 0.5) is 4.79 Å². The number of nitrogens with zero attached hydrogens (tertiary/aromatic N) is 2. The van der Waals surface area contributed by atoms with Crippen LogP contribution in [0.3, 0.4) is 0 Å². The van der Waals surface area contributed by atoms with Gasteiger partial charge in [-0.2, -0.15) is 0 Å². The van der Waals surface area contributed by atoms with Crippen molar-refractivity contribution in [3.8, 4) is 0 Å². The Morgan fingerprint density at radius 3 is 2.56 bits per heavy atom. The molecule has 2 aliphatic heterocycles. The largest absolute Gasteiger partial charge is 0.343 e. The molecule has 1 aromatic rings. The Bertz CT molecular complexity index is 635. The van der Waals surface area contributed by atoms with Gasteiger partial charge in [0.1, 0.15) is 0 Å². The van der Waals surface area contributed by atoms with Gasteiger partial charge in [-0.25, -0.2) is 4.79 Å². The lowest BCUT2D eigenvalue weighted by Gasteiger charge is -2.32. The van der Waals surface area contributed by atoms with Crippen molar-refractivity contribution in [1.29, 1.82) is 0 Å². The monoisotopic (exact) mass is 372 g/mol. The van der Waals surface area contributed by atoms with Gasteiger partial charge < -0.3 is 15.5 Å². The second-order valence-electron chi connectivity index (χ2n) is 7.78. The van der Waals surface area contributed by atoms with E-state index in [4.69, 9.17) is 0 Å². The second-order valence-corrected chi connectivity index (χ2v) is 7.78. The Morgan fingerprint density at radius 2 is 1.85 bits per heavy atom. The van der Waals surface area contributed by atoms with Crippen LogP contribution >= 0.6 is 0 Å². The van der Waals surface area contributed by atoms with Crippen molar-refractivity contribution in [2.75, 3.05) is 32.7 Å². The molecule has 0 bridgehead atoms. The number of aryl methyl sites for hydroxylation is 1. The molecule has 0 atom stereocenters. The SMILES string of the molecule is Cc1cccc(CN2CCC(NC(=O)NCCC(=O)N3CCCC3)CC2)c1. The van der Waals surface area contributed by atoms with E-state index in [2.05, 4.69) is 46.7 Å². The highest BCUT2D eigenvalue weighted by Crippen LogP contribution is 2.14. The van der Waals surface area contributed by atoms with Gasteiger partial charge in [-0.15, -0.1) is 0 Å². The van der Waals surface area contributed by atoms with Crippen LogP contribution in [0.5, 0.6) is 0 Å². The van der Waals surface area contributed by atoms with Crippen LogP contribution in [0, 0.1) is 6.92 Å². The maximum atomic E-state index is 12.1. The summed E-state index contributed by atoms with van der Waals surface area (Å²) in [7, 11) is 0. The first-order valence-electron chi connectivity index (χ1n) is 10.2. The highest BCUT2D eigenvalue weighted by atomic mass is 16.2. The summed E-state index contributed by atoms with van der Waals surface area (Å²) >= 11 is 0. The van der Waals surface area contributed by atoms with E-state index in [0.29, 0.717) is 13.0 Å². The lowest BCUT2D eigenvalue weighted by atomic mass is 10.0. The molecule has 27 heavy (non-hydrogen) atoms. The Morgan fingerprint density at radius 1 is 1.11 bits per heavy atom. The minimum Gasteiger partial charge on any atom is -0.343 e. The lowest BCUT2D eigenvalue weighted by molar-refractivity contribution is -0.129. The molecule has 2 heterocycles. The topological polar surface area (TPSA) is 64.7 Å². The number of urea groups is 1. The van der Waals surface area contributed by atoms with E-state index in [1.165, 1.54) is 11.1 Å². The fraction of sp³-hybridized carbons (Fsp3) is 0.619. The minimum absolute atomic E-state index is 0.150. The van der Waals surface area contributed by atoms with Crippen LogP contribution in [0.25, 0.3) is 0 Å². The standard InChI is InChI=1S/C21H32N4O2/c1-17-5-4-6-18(15-17)16-24-13-8-19(9-14-24)23-21(27)22-10-7-20(26)25-11-2-3-12-25/h4-6,15,19H,2-3,7-14,16H2,1H3,(H2,22,23,27). The van der Waals surface area contributed by atoms with Crippen LogP contribution < -0.4 is 10.6 Å². The predicted molar refractivity (Wildman–Crippen MR) is 106 cm³/mol. The van der Waals surface area contributed by atoms with Crippen molar-refractivity contribution in [2.24, 2.45) is 0 Å². The molecular formula is C21H32N4O2. The van der Waals surface area contributed by atoms with E-state index in [-0.39, 0.29) is 18.0 Å². The van der Waals surface area contributed by atoms with Crippen LogP contribution in [0.15, 0.2) is 24.3 Å². The molecule has 6 heteroatoms. The molecule has 2 saturated heterocycles. The summed E-state index contributed by atoms with van der Waals surface area (Å²) < 4.78 is 0. The Hall–Kier alpha value is -2.08. The zero-order valence-corrected chi connectivity index (χ0v) is 16.4. The molecule has 0 spiro atoms. The van der Waals surface area contributed by atoms with Crippen molar-refractivity contribution in [3.63, 3.8) is 0 Å². The number of hydrogen-bond acceptors (Lipinski definition) is 3. The van der Waals surface area contributed by atoms with Gasteiger partial charge in [0, 0.05) is 51.7 Å². The fourth-order valence-electron chi connectivity index (χ4n) is 3.95. The average Bonchev–Trinajstić information content (AvgIpc) is 3.18. The number of rotatable bonds is 6.